The van der Waals surface area contributed by atoms with Gasteiger partial charge in [-0.05, 0) is 34.6 Å². The molecule has 0 bridgehead atoms. The average Bonchev–Trinajstić information content (AvgIpc) is 2.21. The van der Waals surface area contributed by atoms with E-state index in [0.717, 1.165) is 25.6 Å². The van der Waals surface area contributed by atoms with E-state index in [1.165, 1.54) is 0 Å². The first-order chi connectivity index (χ1) is 7.52. The SMILES string of the molecule is CCNC(=NC)NCCN(C(C)C)C(C)C.I. The van der Waals surface area contributed by atoms with Crippen molar-refractivity contribution in [2.45, 2.75) is 46.7 Å². The second kappa shape index (κ2) is 11.1. The van der Waals surface area contributed by atoms with Gasteiger partial charge in [0.1, 0.15) is 0 Å². The van der Waals surface area contributed by atoms with E-state index in [0.29, 0.717) is 12.1 Å². The molecule has 0 aliphatic rings. The summed E-state index contributed by atoms with van der Waals surface area (Å²) >= 11 is 0. The molecule has 0 rings (SSSR count). The largest absolute Gasteiger partial charge is 0.357 e. The van der Waals surface area contributed by atoms with E-state index in [4.69, 9.17) is 0 Å². The van der Waals surface area contributed by atoms with E-state index in [-0.39, 0.29) is 24.0 Å². The van der Waals surface area contributed by atoms with Crippen LogP contribution < -0.4 is 10.6 Å². The third kappa shape index (κ3) is 8.65. The summed E-state index contributed by atoms with van der Waals surface area (Å²) in [6, 6.07) is 1.17. The molecule has 2 N–H and O–H groups in total. The number of halogens is 1. The quantitative estimate of drug-likeness (QED) is 0.434. The number of guanidine groups is 1. The second-order valence-electron chi connectivity index (χ2n) is 4.45. The molecular formula is C12H29IN4. The molecule has 0 aromatic rings. The lowest BCUT2D eigenvalue weighted by Gasteiger charge is -2.30. The summed E-state index contributed by atoms with van der Waals surface area (Å²) in [5.74, 6) is 0.884. The molecule has 0 aromatic carbocycles. The highest BCUT2D eigenvalue weighted by molar-refractivity contribution is 14.0. The third-order valence-electron chi connectivity index (χ3n) is 2.56. The van der Waals surface area contributed by atoms with Gasteiger partial charge in [-0.25, -0.2) is 0 Å². The van der Waals surface area contributed by atoms with Gasteiger partial charge in [0.2, 0.25) is 0 Å². The molecule has 0 aliphatic heterocycles. The molecule has 0 spiro atoms. The molecule has 0 aliphatic carbocycles. The molecule has 5 heteroatoms. The lowest BCUT2D eigenvalue weighted by atomic mass is 10.2. The first kappa shape index (κ1) is 19.3. The predicted octanol–water partition coefficient (Wildman–Crippen LogP) is 1.91. The molecule has 0 heterocycles. The molecular weight excluding hydrogens is 327 g/mol. The molecule has 0 aromatic heterocycles. The van der Waals surface area contributed by atoms with Crippen molar-refractivity contribution < 1.29 is 0 Å². The van der Waals surface area contributed by atoms with Gasteiger partial charge < -0.3 is 10.6 Å². The van der Waals surface area contributed by atoms with Crippen molar-refractivity contribution in [1.82, 2.24) is 15.5 Å². The van der Waals surface area contributed by atoms with Crippen LogP contribution in [0.3, 0.4) is 0 Å². The van der Waals surface area contributed by atoms with Crippen molar-refractivity contribution in [2.24, 2.45) is 4.99 Å². The Kier molecular flexibility index (Phi) is 12.6. The van der Waals surface area contributed by atoms with Crippen LogP contribution in [0.4, 0.5) is 0 Å². The van der Waals surface area contributed by atoms with E-state index >= 15 is 0 Å². The van der Waals surface area contributed by atoms with Crippen LogP contribution in [0.25, 0.3) is 0 Å². The Balaban J connectivity index is 0. The Morgan fingerprint density at radius 1 is 1.12 bits per heavy atom. The third-order valence-corrected chi connectivity index (χ3v) is 2.56. The zero-order valence-electron chi connectivity index (χ0n) is 12.1. The zero-order chi connectivity index (χ0) is 12.6. The highest BCUT2D eigenvalue weighted by Gasteiger charge is 2.12. The minimum Gasteiger partial charge on any atom is -0.357 e. The van der Waals surface area contributed by atoms with Crippen molar-refractivity contribution in [3.8, 4) is 0 Å². The van der Waals surface area contributed by atoms with Gasteiger partial charge in [-0.1, -0.05) is 0 Å². The van der Waals surface area contributed by atoms with Crippen LogP contribution in [0.1, 0.15) is 34.6 Å². The van der Waals surface area contributed by atoms with Gasteiger partial charge in [-0.3, -0.25) is 9.89 Å². The normalized spacial score (nSPS) is 11.9. The number of hydrogen-bond donors (Lipinski definition) is 2. The van der Waals surface area contributed by atoms with Gasteiger partial charge in [0.15, 0.2) is 5.96 Å². The fourth-order valence-electron chi connectivity index (χ4n) is 1.80. The monoisotopic (exact) mass is 356 g/mol. The number of nitrogens with one attached hydrogen (secondary N) is 2. The lowest BCUT2D eigenvalue weighted by Crippen LogP contribution is -2.45. The van der Waals surface area contributed by atoms with Gasteiger partial charge in [0.25, 0.3) is 0 Å². The van der Waals surface area contributed by atoms with Gasteiger partial charge >= 0.3 is 0 Å². The Labute approximate surface area is 124 Å². The van der Waals surface area contributed by atoms with Crippen LogP contribution in [0, 0.1) is 0 Å². The molecule has 0 atom stereocenters. The van der Waals surface area contributed by atoms with Crippen molar-refractivity contribution >= 4 is 29.9 Å². The summed E-state index contributed by atoms with van der Waals surface area (Å²) in [5, 5.41) is 6.49. The molecule has 104 valence electrons. The van der Waals surface area contributed by atoms with E-state index in [1.54, 1.807) is 7.05 Å². The van der Waals surface area contributed by atoms with E-state index in [1.807, 2.05) is 0 Å². The Morgan fingerprint density at radius 2 is 1.65 bits per heavy atom. The Hall–Kier alpha value is -0.0400. The first-order valence-corrected chi connectivity index (χ1v) is 6.23. The first-order valence-electron chi connectivity index (χ1n) is 6.23. The summed E-state index contributed by atoms with van der Waals surface area (Å²) in [7, 11) is 1.80. The van der Waals surface area contributed by atoms with Crippen molar-refractivity contribution in [3.05, 3.63) is 0 Å². The van der Waals surface area contributed by atoms with Gasteiger partial charge in [0, 0.05) is 38.8 Å². The molecule has 17 heavy (non-hydrogen) atoms. The second-order valence-corrected chi connectivity index (χ2v) is 4.45. The number of rotatable bonds is 6. The lowest BCUT2D eigenvalue weighted by molar-refractivity contribution is 0.178. The number of nitrogens with zero attached hydrogens (tertiary/aromatic N) is 2. The van der Waals surface area contributed by atoms with E-state index in [2.05, 4.69) is 55.1 Å². The number of aliphatic imine (C=N–C) groups is 1. The van der Waals surface area contributed by atoms with Crippen LogP contribution in [0.2, 0.25) is 0 Å². The Bertz CT molecular complexity index is 197. The van der Waals surface area contributed by atoms with Crippen LogP contribution in [-0.4, -0.2) is 49.6 Å². The molecule has 0 radical (unpaired) electrons. The van der Waals surface area contributed by atoms with Gasteiger partial charge in [0.05, 0.1) is 0 Å². The summed E-state index contributed by atoms with van der Waals surface area (Å²) in [5.41, 5.74) is 0. The predicted molar refractivity (Wildman–Crippen MR) is 87.4 cm³/mol. The average molecular weight is 356 g/mol. The minimum atomic E-state index is 0. The van der Waals surface area contributed by atoms with Crippen LogP contribution in [0.15, 0.2) is 4.99 Å². The topological polar surface area (TPSA) is 39.7 Å². The Morgan fingerprint density at radius 3 is 2.00 bits per heavy atom. The minimum absolute atomic E-state index is 0. The summed E-state index contributed by atoms with van der Waals surface area (Å²) in [6.45, 7) is 13.9. The smallest absolute Gasteiger partial charge is 0.191 e. The highest BCUT2D eigenvalue weighted by Crippen LogP contribution is 2.02. The fourth-order valence-corrected chi connectivity index (χ4v) is 1.80. The maximum absolute atomic E-state index is 4.14. The van der Waals surface area contributed by atoms with Crippen LogP contribution in [0.5, 0.6) is 0 Å². The summed E-state index contributed by atoms with van der Waals surface area (Å²) in [6.07, 6.45) is 0. The van der Waals surface area contributed by atoms with Crippen molar-refractivity contribution in [3.63, 3.8) is 0 Å². The summed E-state index contributed by atoms with van der Waals surface area (Å²) < 4.78 is 0. The maximum Gasteiger partial charge on any atom is 0.191 e. The zero-order valence-corrected chi connectivity index (χ0v) is 14.4. The summed E-state index contributed by atoms with van der Waals surface area (Å²) in [4.78, 5) is 6.60. The number of hydrogen-bond acceptors (Lipinski definition) is 2. The standard InChI is InChI=1S/C12H28N4.HI/c1-7-14-12(13-6)15-8-9-16(10(2)3)11(4)5;/h10-11H,7-9H2,1-6H3,(H2,13,14,15);1H. The molecule has 0 saturated heterocycles. The van der Waals surface area contributed by atoms with E-state index in [9.17, 15) is 0 Å². The maximum atomic E-state index is 4.14. The molecule has 0 amide bonds. The molecule has 0 unspecified atom stereocenters. The fraction of sp³-hybridized carbons (Fsp3) is 0.917. The van der Waals surface area contributed by atoms with Crippen molar-refractivity contribution in [1.29, 1.82) is 0 Å². The highest BCUT2D eigenvalue weighted by atomic mass is 127. The van der Waals surface area contributed by atoms with Crippen LogP contribution in [-0.2, 0) is 0 Å². The van der Waals surface area contributed by atoms with Crippen LogP contribution >= 0.6 is 24.0 Å². The molecule has 0 fully saturated rings. The van der Waals surface area contributed by atoms with E-state index < -0.39 is 0 Å². The molecule has 4 nitrogen and oxygen atoms in total. The van der Waals surface area contributed by atoms with Gasteiger partial charge in [-0.2, -0.15) is 0 Å². The molecule has 0 saturated carbocycles. The van der Waals surface area contributed by atoms with Gasteiger partial charge in [-0.15, -0.1) is 24.0 Å². The van der Waals surface area contributed by atoms with Crippen molar-refractivity contribution in [2.75, 3.05) is 26.7 Å².